The maximum absolute atomic E-state index is 14.7. The van der Waals surface area contributed by atoms with E-state index < -0.39 is 15.7 Å². The van der Waals surface area contributed by atoms with Crippen LogP contribution in [0.25, 0.3) is 0 Å². The molecule has 4 heterocycles. The molecule has 2 bridgehead atoms. The van der Waals surface area contributed by atoms with Crippen LogP contribution in [0, 0.1) is 5.82 Å². The van der Waals surface area contributed by atoms with Crippen molar-refractivity contribution in [1.82, 2.24) is 19.9 Å². The maximum Gasteiger partial charge on any atom is 0.262 e. The van der Waals surface area contributed by atoms with E-state index in [1.165, 1.54) is 25.6 Å². The fourth-order valence-electron chi connectivity index (χ4n) is 5.01. The van der Waals surface area contributed by atoms with Crippen molar-refractivity contribution < 1.29 is 27.0 Å². The highest BCUT2D eigenvalue weighted by Crippen LogP contribution is 2.38. The highest BCUT2D eigenvalue weighted by atomic mass is 32.2. The molecule has 208 valence electrons. The lowest BCUT2D eigenvalue weighted by molar-refractivity contribution is 0.00617. The number of aryl methyl sites for hydroxylation is 1. The van der Waals surface area contributed by atoms with Crippen molar-refractivity contribution in [3.05, 3.63) is 48.3 Å². The number of aromatic nitrogens is 4. The molecule has 0 spiro atoms. The molecule has 0 aliphatic carbocycles. The highest BCUT2D eigenvalue weighted by Gasteiger charge is 2.41. The number of anilines is 3. The van der Waals surface area contributed by atoms with Gasteiger partial charge in [-0.15, -0.1) is 0 Å². The van der Waals surface area contributed by atoms with Crippen molar-refractivity contribution in [3.8, 4) is 11.6 Å². The van der Waals surface area contributed by atoms with Crippen LogP contribution in [-0.2, 0) is 21.0 Å². The number of sulfone groups is 1. The number of methoxy groups -OCH3 is 1. The van der Waals surface area contributed by atoms with Crippen molar-refractivity contribution in [3.63, 3.8) is 0 Å². The molecule has 2 aromatic heterocycles. The molecule has 1 N–H and O–H groups in total. The van der Waals surface area contributed by atoms with Gasteiger partial charge in [-0.3, -0.25) is 0 Å². The third-order valence-electron chi connectivity index (χ3n) is 6.81. The molecule has 39 heavy (non-hydrogen) atoms. The number of ether oxygens (including phenoxy) is 3. The Morgan fingerprint density at radius 1 is 1.13 bits per heavy atom. The smallest absolute Gasteiger partial charge is 0.262 e. The lowest BCUT2D eigenvalue weighted by Gasteiger charge is -2.48. The first-order valence-corrected chi connectivity index (χ1v) is 14.6. The Labute approximate surface area is 226 Å². The summed E-state index contributed by atoms with van der Waals surface area (Å²) in [4.78, 5) is 19.8. The normalized spacial score (nSPS) is 20.9. The van der Waals surface area contributed by atoms with Crippen LogP contribution >= 0.6 is 0 Å². The zero-order valence-electron chi connectivity index (χ0n) is 22.0. The third kappa shape index (κ3) is 5.88. The zero-order valence-corrected chi connectivity index (χ0v) is 22.8. The highest BCUT2D eigenvalue weighted by molar-refractivity contribution is 7.90. The Hall–Kier alpha value is -3.58. The van der Waals surface area contributed by atoms with E-state index in [4.69, 9.17) is 14.2 Å². The predicted octanol–water partition coefficient (Wildman–Crippen LogP) is 3.33. The average Bonchev–Trinajstić information content (AvgIpc) is 2.90. The number of hydrogen-bond donors (Lipinski definition) is 1. The molecular formula is C26H31FN6O5S. The van der Waals surface area contributed by atoms with E-state index in [-0.39, 0.29) is 46.2 Å². The van der Waals surface area contributed by atoms with Gasteiger partial charge in [-0.1, -0.05) is 13.3 Å². The molecule has 2 aliphatic rings. The van der Waals surface area contributed by atoms with Crippen molar-refractivity contribution >= 4 is 27.3 Å². The number of hydrogen-bond acceptors (Lipinski definition) is 11. The number of rotatable bonds is 9. The zero-order chi connectivity index (χ0) is 27.6. The largest absolute Gasteiger partial charge is 0.489 e. The maximum atomic E-state index is 14.7. The van der Waals surface area contributed by atoms with Gasteiger partial charge in [0.2, 0.25) is 11.7 Å². The summed E-state index contributed by atoms with van der Waals surface area (Å²) in [6.07, 6.45) is 9.23. The minimum Gasteiger partial charge on any atom is -0.489 e. The van der Waals surface area contributed by atoms with Crippen LogP contribution in [-0.4, -0.2) is 73.1 Å². The van der Waals surface area contributed by atoms with Gasteiger partial charge in [-0.2, -0.15) is 4.98 Å². The Morgan fingerprint density at radius 2 is 1.85 bits per heavy atom. The van der Waals surface area contributed by atoms with Crippen LogP contribution in [0.2, 0.25) is 0 Å². The van der Waals surface area contributed by atoms with Crippen LogP contribution in [0.4, 0.5) is 21.8 Å². The monoisotopic (exact) mass is 558 g/mol. The van der Waals surface area contributed by atoms with Gasteiger partial charge in [-0.05, 0) is 30.2 Å². The molecule has 1 aromatic carbocycles. The molecule has 5 rings (SSSR count). The van der Waals surface area contributed by atoms with Crippen LogP contribution in [0.3, 0.4) is 0 Å². The van der Waals surface area contributed by atoms with Crippen molar-refractivity contribution in [2.24, 2.45) is 0 Å². The summed E-state index contributed by atoms with van der Waals surface area (Å²) < 4.78 is 55.8. The Bertz CT molecular complexity index is 1410. The van der Waals surface area contributed by atoms with Gasteiger partial charge in [-0.25, -0.2) is 27.8 Å². The van der Waals surface area contributed by atoms with E-state index in [0.717, 1.165) is 30.7 Å². The van der Waals surface area contributed by atoms with Gasteiger partial charge in [0.25, 0.3) is 5.88 Å². The second kappa shape index (κ2) is 11.3. The van der Waals surface area contributed by atoms with Crippen LogP contribution < -0.4 is 19.7 Å². The third-order valence-corrected chi connectivity index (χ3v) is 7.92. The van der Waals surface area contributed by atoms with Crippen LogP contribution in [0.1, 0.15) is 31.7 Å². The van der Waals surface area contributed by atoms with E-state index in [0.29, 0.717) is 32.0 Å². The number of morpholine rings is 1. The summed E-state index contributed by atoms with van der Waals surface area (Å²) in [6.45, 7) is 3.20. The van der Waals surface area contributed by atoms with E-state index >= 15 is 0 Å². The van der Waals surface area contributed by atoms with Gasteiger partial charge in [0.15, 0.2) is 15.7 Å². The molecule has 13 heteroatoms. The van der Waals surface area contributed by atoms with E-state index in [2.05, 4.69) is 37.1 Å². The minimum atomic E-state index is -3.54. The number of fused-ring (bicyclic) bond motifs is 2. The van der Waals surface area contributed by atoms with E-state index in [9.17, 15) is 12.8 Å². The van der Waals surface area contributed by atoms with E-state index in [1.54, 1.807) is 0 Å². The standard InChI is InChI=1S/C26H31FN6O5S/c1-4-5-16-11-28-26(29-12-16)33-17-8-19(9-18(33)14-37-13-17)38-25-23(36-2)24(30-15-31-25)32-22-7-6-20(10-21(22)27)39(3,34)35/h6-7,10-12,15,17-19H,4-5,8-9,13-14H2,1-3H3,(H,30,31,32)/t17-,18+,19?. The lowest BCUT2D eigenvalue weighted by atomic mass is 9.92. The quantitative estimate of drug-likeness (QED) is 0.415. The van der Waals surface area contributed by atoms with E-state index in [1.807, 2.05) is 12.4 Å². The summed E-state index contributed by atoms with van der Waals surface area (Å²) in [5.74, 6) is 0.575. The Kier molecular flexibility index (Phi) is 7.80. The SMILES string of the molecule is CCCc1cnc(N2[C@@H]3COC[C@H]2CC(Oc2ncnc(Nc4ccc(S(C)(=O)=O)cc4F)c2OC)C3)nc1. The summed E-state index contributed by atoms with van der Waals surface area (Å²) in [5, 5.41) is 2.86. The first kappa shape index (κ1) is 27.0. The van der Waals surface area contributed by atoms with Crippen molar-refractivity contribution in [1.29, 1.82) is 0 Å². The van der Waals surface area contributed by atoms with Crippen molar-refractivity contribution in [2.75, 3.05) is 36.8 Å². The lowest BCUT2D eigenvalue weighted by Crippen LogP contribution is -2.59. The molecule has 0 saturated carbocycles. The molecule has 2 fully saturated rings. The molecule has 2 saturated heterocycles. The second-order valence-corrected chi connectivity index (χ2v) is 11.7. The van der Waals surface area contributed by atoms with Crippen LogP contribution in [0.15, 0.2) is 41.8 Å². The Balaban J connectivity index is 1.32. The first-order chi connectivity index (χ1) is 18.8. The fourth-order valence-corrected chi connectivity index (χ4v) is 5.65. The van der Waals surface area contributed by atoms with Gasteiger partial charge in [0, 0.05) is 31.5 Å². The number of nitrogens with zero attached hydrogens (tertiary/aromatic N) is 5. The molecule has 1 unspecified atom stereocenters. The average molecular weight is 559 g/mol. The Morgan fingerprint density at radius 3 is 2.46 bits per heavy atom. The molecular weight excluding hydrogens is 527 g/mol. The van der Waals surface area contributed by atoms with Gasteiger partial charge in [0.1, 0.15) is 18.2 Å². The molecule has 2 aliphatic heterocycles. The topological polar surface area (TPSA) is 129 Å². The van der Waals surface area contributed by atoms with Crippen LogP contribution in [0.5, 0.6) is 11.6 Å². The number of halogens is 1. The molecule has 3 aromatic rings. The van der Waals surface area contributed by atoms with Gasteiger partial charge >= 0.3 is 0 Å². The summed E-state index contributed by atoms with van der Waals surface area (Å²) in [5.41, 5.74) is 1.16. The van der Waals surface area contributed by atoms with Crippen molar-refractivity contribution in [2.45, 2.75) is 55.7 Å². The molecule has 0 amide bonds. The number of nitrogens with one attached hydrogen (secondary N) is 1. The number of piperidine rings is 1. The minimum absolute atomic E-state index is 0.0346. The summed E-state index contributed by atoms with van der Waals surface area (Å²) >= 11 is 0. The number of benzene rings is 1. The fraction of sp³-hybridized carbons (Fsp3) is 0.462. The predicted molar refractivity (Wildman–Crippen MR) is 142 cm³/mol. The molecule has 0 radical (unpaired) electrons. The second-order valence-electron chi connectivity index (χ2n) is 9.70. The summed E-state index contributed by atoms with van der Waals surface area (Å²) in [6, 6.07) is 3.68. The van der Waals surface area contributed by atoms with Gasteiger partial charge < -0.3 is 24.4 Å². The molecule has 3 atom stereocenters. The first-order valence-electron chi connectivity index (χ1n) is 12.8. The summed E-state index contributed by atoms with van der Waals surface area (Å²) in [7, 11) is -2.09. The molecule has 11 nitrogen and oxygen atoms in total. The van der Waals surface area contributed by atoms with Gasteiger partial charge in [0.05, 0.1) is 43.0 Å².